The van der Waals surface area contributed by atoms with Crippen LogP contribution in [0.4, 0.5) is 0 Å². The summed E-state index contributed by atoms with van der Waals surface area (Å²) in [6.07, 6.45) is 0. The van der Waals surface area contributed by atoms with Crippen molar-refractivity contribution in [3.63, 3.8) is 0 Å². The van der Waals surface area contributed by atoms with E-state index < -0.39 is 0 Å². The molecule has 0 fully saturated rings. The summed E-state index contributed by atoms with van der Waals surface area (Å²) in [7, 11) is 0. The monoisotopic (exact) mass is 320 g/mol. The Bertz CT molecular complexity index is 523. The van der Waals surface area contributed by atoms with Gasteiger partial charge >= 0.3 is 0 Å². The Morgan fingerprint density at radius 3 is 2.57 bits per heavy atom. The van der Waals surface area contributed by atoms with E-state index in [-0.39, 0.29) is 30.6 Å². The lowest BCUT2D eigenvalue weighted by Crippen LogP contribution is -2.48. The minimum Gasteiger partial charge on any atom is -0.492 e. The minimum atomic E-state index is -0.209. The van der Waals surface area contributed by atoms with Gasteiger partial charge in [-0.05, 0) is 33.8 Å². The van der Waals surface area contributed by atoms with E-state index in [0.29, 0.717) is 19.7 Å². The summed E-state index contributed by atoms with van der Waals surface area (Å²) in [5.74, 6) is 0.888. The van der Waals surface area contributed by atoms with E-state index in [9.17, 15) is 9.90 Å². The van der Waals surface area contributed by atoms with Crippen molar-refractivity contribution in [1.82, 2.24) is 9.80 Å². The average Bonchev–Trinajstić information content (AvgIpc) is 2.65. The number of hydrogen-bond donors (Lipinski definition) is 1. The van der Waals surface area contributed by atoms with E-state index in [1.54, 1.807) is 0 Å². The number of hydrogen-bond acceptors (Lipinski definition) is 4. The summed E-state index contributed by atoms with van der Waals surface area (Å²) in [4.78, 5) is 16.7. The molecule has 1 aliphatic rings. The first-order chi connectivity index (χ1) is 11.0. The van der Waals surface area contributed by atoms with Crippen LogP contribution >= 0.6 is 0 Å². The average molecular weight is 320 g/mol. The number of nitrogens with zero attached hydrogens (tertiary/aromatic N) is 2. The van der Waals surface area contributed by atoms with Crippen LogP contribution in [0.15, 0.2) is 24.3 Å². The Kier molecular flexibility index (Phi) is 6.02. The van der Waals surface area contributed by atoms with Gasteiger partial charge < -0.3 is 14.7 Å². The van der Waals surface area contributed by atoms with Gasteiger partial charge in [-0.3, -0.25) is 9.69 Å². The third-order valence-corrected chi connectivity index (χ3v) is 4.27. The normalized spacial score (nSPS) is 18.5. The molecule has 0 aliphatic carbocycles. The summed E-state index contributed by atoms with van der Waals surface area (Å²) in [6, 6.07) is 7.84. The van der Waals surface area contributed by atoms with E-state index >= 15 is 0 Å². The van der Waals surface area contributed by atoms with Crippen LogP contribution in [-0.4, -0.2) is 59.2 Å². The van der Waals surface area contributed by atoms with Crippen molar-refractivity contribution >= 4 is 5.91 Å². The van der Waals surface area contributed by atoms with Gasteiger partial charge in [-0.25, -0.2) is 0 Å². The van der Waals surface area contributed by atoms with Crippen molar-refractivity contribution in [2.75, 3.05) is 26.3 Å². The largest absolute Gasteiger partial charge is 0.492 e. The van der Waals surface area contributed by atoms with Crippen molar-refractivity contribution in [3.8, 4) is 5.75 Å². The number of aliphatic hydroxyl groups is 1. The highest BCUT2D eigenvalue weighted by atomic mass is 16.5. The molecule has 0 spiro atoms. The molecule has 1 aromatic rings. The molecule has 128 valence electrons. The Morgan fingerprint density at radius 2 is 1.96 bits per heavy atom. The van der Waals surface area contributed by atoms with Gasteiger partial charge in [0, 0.05) is 24.2 Å². The van der Waals surface area contributed by atoms with E-state index in [1.165, 1.54) is 0 Å². The van der Waals surface area contributed by atoms with E-state index in [1.807, 2.05) is 61.8 Å². The van der Waals surface area contributed by atoms with Crippen LogP contribution in [0, 0.1) is 0 Å². The highest BCUT2D eigenvalue weighted by molar-refractivity contribution is 5.79. The number of para-hydroxylation sites is 1. The number of carbonyl (C=O) groups is 1. The summed E-state index contributed by atoms with van der Waals surface area (Å²) in [5, 5.41) is 9.88. The van der Waals surface area contributed by atoms with Crippen LogP contribution in [0.1, 0.15) is 39.3 Å². The van der Waals surface area contributed by atoms with Crippen LogP contribution in [-0.2, 0) is 4.79 Å². The first-order valence-corrected chi connectivity index (χ1v) is 8.33. The number of amides is 1. The van der Waals surface area contributed by atoms with Crippen molar-refractivity contribution in [2.24, 2.45) is 0 Å². The number of fused-ring (bicyclic) bond motifs is 1. The molecule has 1 heterocycles. The lowest BCUT2D eigenvalue weighted by molar-refractivity contribution is -0.136. The second-order valence-electron chi connectivity index (χ2n) is 6.54. The van der Waals surface area contributed by atoms with Crippen LogP contribution in [0.5, 0.6) is 5.75 Å². The zero-order valence-electron chi connectivity index (χ0n) is 14.5. The SMILES string of the molecule is CC(C)N(C(=O)CN1CCOc2ccccc2C1CO)C(C)C. The summed E-state index contributed by atoms with van der Waals surface area (Å²) in [6.45, 7) is 9.52. The minimum absolute atomic E-state index is 0.0307. The van der Waals surface area contributed by atoms with Gasteiger partial charge in [0.15, 0.2) is 0 Å². The Labute approximate surface area is 138 Å². The zero-order valence-corrected chi connectivity index (χ0v) is 14.5. The highest BCUT2D eigenvalue weighted by Gasteiger charge is 2.30. The fourth-order valence-corrected chi connectivity index (χ4v) is 3.34. The topological polar surface area (TPSA) is 53.0 Å². The molecule has 2 rings (SSSR count). The Hall–Kier alpha value is -1.59. The van der Waals surface area contributed by atoms with Crippen LogP contribution in [0.25, 0.3) is 0 Å². The first-order valence-electron chi connectivity index (χ1n) is 8.33. The predicted octanol–water partition coefficient (Wildman–Crippen LogP) is 2.06. The Balaban J connectivity index is 2.20. The summed E-state index contributed by atoms with van der Waals surface area (Å²) in [5.41, 5.74) is 0.945. The molecular weight excluding hydrogens is 292 g/mol. The lowest BCUT2D eigenvalue weighted by atomic mass is 10.0. The van der Waals surface area contributed by atoms with E-state index in [4.69, 9.17) is 4.74 Å². The second kappa shape index (κ2) is 7.79. The van der Waals surface area contributed by atoms with Gasteiger partial charge in [0.1, 0.15) is 12.4 Å². The molecule has 1 atom stereocenters. The van der Waals surface area contributed by atoms with Crippen LogP contribution < -0.4 is 4.74 Å². The zero-order chi connectivity index (χ0) is 17.0. The van der Waals surface area contributed by atoms with Gasteiger partial charge in [0.25, 0.3) is 0 Å². The molecule has 0 saturated heterocycles. The second-order valence-corrected chi connectivity index (χ2v) is 6.54. The highest BCUT2D eigenvalue weighted by Crippen LogP contribution is 2.31. The van der Waals surface area contributed by atoms with E-state index in [0.717, 1.165) is 11.3 Å². The molecule has 1 aromatic carbocycles. The van der Waals surface area contributed by atoms with Crippen molar-refractivity contribution < 1.29 is 14.6 Å². The maximum absolute atomic E-state index is 12.7. The molecular formula is C18H28N2O3. The first kappa shape index (κ1) is 17.8. The van der Waals surface area contributed by atoms with Crippen LogP contribution in [0.3, 0.4) is 0 Å². The third-order valence-electron chi connectivity index (χ3n) is 4.27. The molecule has 5 nitrogen and oxygen atoms in total. The van der Waals surface area contributed by atoms with Crippen molar-refractivity contribution in [1.29, 1.82) is 0 Å². The maximum atomic E-state index is 12.7. The Morgan fingerprint density at radius 1 is 1.30 bits per heavy atom. The molecule has 1 aliphatic heterocycles. The quantitative estimate of drug-likeness (QED) is 0.902. The van der Waals surface area contributed by atoms with Crippen molar-refractivity contribution in [3.05, 3.63) is 29.8 Å². The third kappa shape index (κ3) is 4.03. The van der Waals surface area contributed by atoms with Gasteiger partial charge in [0.2, 0.25) is 5.91 Å². The lowest BCUT2D eigenvalue weighted by Gasteiger charge is -2.35. The maximum Gasteiger partial charge on any atom is 0.237 e. The van der Waals surface area contributed by atoms with Gasteiger partial charge in [-0.15, -0.1) is 0 Å². The van der Waals surface area contributed by atoms with E-state index in [2.05, 4.69) is 0 Å². The molecule has 0 saturated carbocycles. The van der Waals surface area contributed by atoms with Gasteiger partial charge in [-0.2, -0.15) is 0 Å². The number of aliphatic hydroxyl groups excluding tert-OH is 1. The molecule has 5 heteroatoms. The summed E-state index contributed by atoms with van der Waals surface area (Å²) >= 11 is 0. The standard InChI is InChI=1S/C18H28N2O3/c1-13(2)20(14(3)4)18(22)11-19-9-10-23-17-8-6-5-7-15(17)16(19)12-21/h5-8,13-14,16,21H,9-12H2,1-4H3. The van der Waals surface area contributed by atoms with Crippen molar-refractivity contribution in [2.45, 2.75) is 45.8 Å². The molecule has 0 aromatic heterocycles. The molecule has 0 bridgehead atoms. The number of benzene rings is 1. The number of carbonyl (C=O) groups excluding carboxylic acids is 1. The number of ether oxygens (including phenoxy) is 1. The van der Waals surface area contributed by atoms with Gasteiger partial charge in [-0.1, -0.05) is 18.2 Å². The molecule has 23 heavy (non-hydrogen) atoms. The number of rotatable bonds is 5. The molecule has 1 amide bonds. The smallest absolute Gasteiger partial charge is 0.237 e. The molecule has 1 N–H and O–H groups in total. The fraction of sp³-hybridized carbons (Fsp3) is 0.611. The molecule has 1 unspecified atom stereocenters. The fourth-order valence-electron chi connectivity index (χ4n) is 3.34. The van der Waals surface area contributed by atoms with Crippen LogP contribution in [0.2, 0.25) is 0 Å². The molecule has 0 radical (unpaired) electrons. The van der Waals surface area contributed by atoms with Gasteiger partial charge in [0.05, 0.1) is 19.2 Å². The predicted molar refractivity (Wildman–Crippen MR) is 90.5 cm³/mol. The summed E-state index contributed by atoms with van der Waals surface area (Å²) < 4.78 is 5.77.